The molecule has 25 heavy (non-hydrogen) atoms. The Labute approximate surface area is 146 Å². The third kappa shape index (κ3) is 3.20. The predicted octanol–water partition coefficient (Wildman–Crippen LogP) is 4.21. The van der Waals surface area contributed by atoms with Crippen LogP contribution in [0.15, 0.2) is 34.9 Å². The molecule has 1 aromatic carbocycles. The fourth-order valence-electron chi connectivity index (χ4n) is 3.81. The van der Waals surface area contributed by atoms with Crippen molar-refractivity contribution >= 4 is 5.91 Å². The van der Waals surface area contributed by atoms with Crippen molar-refractivity contribution in [1.29, 1.82) is 0 Å². The lowest BCUT2D eigenvalue weighted by molar-refractivity contribution is -0.123. The van der Waals surface area contributed by atoms with Crippen LogP contribution in [0.4, 0.5) is 4.39 Å². The summed E-state index contributed by atoms with van der Waals surface area (Å²) in [4.78, 5) is 12.7. The maximum Gasteiger partial charge on any atom is 0.232 e. The van der Waals surface area contributed by atoms with Crippen molar-refractivity contribution in [2.24, 2.45) is 5.92 Å². The largest absolute Gasteiger partial charge is 0.356 e. The number of nitrogens with zero attached hydrogens (tertiary/aromatic N) is 1. The van der Waals surface area contributed by atoms with Gasteiger partial charge in [0.15, 0.2) is 5.76 Å². The Kier molecular flexibility index (Phi) is 4.32. The number of amides is 1. The van der Waals surface area contributed by atoms with Gasteiger partial charge in [0, 0.05) is 12.6 Å². The number of rotatable bonds is 5. The van der Waals surface area contributed by atoms with E-state index in [2.05, 4.69) is 10.5 Å². The van der Waals surface area contributed by atoms with E-state index in [0.29, 0.717) is 22.9 Å². The number of benzene rings is 1. The molecule has 0 atom stereocenters. The molecule has 0 spiro atoms. The van der Waals surface area contributed by atoms with E-state index >= 15 is 0 Å². The van der Waals surface area contributed by atoms with Gasteiger partial charge in [-0.15, -0.1) is 0 Å². The second-order valence-electron chi connectivity index (χ2n) is 7.35. The van der Waals surface area contributed by atoms with Crippen molar-refractivity contribution in [2.75, 3.05) is 6.54 Å². The van der Waals surface area contributed by atoms with Crippen molar-refractivity contribution < 1.29 is 13.7 Å². The summed E-state index contributed by atoms with van der Waals surface area (Å²) in [7, 11) is 0. The summed E-state index contributed by atoms with van der Waals surface area (Å²) in [6.45, 7) is 0.749. The van der Waals surface area contributed by atoms with Crippen LogP contribution < -0.4 is 5.32 Å². The molecule has 132 valence electrons. The fraction of sp³-hybridized carbons (Fsp3) is 0.500. The van der Waals surface area contributed by atoms with Crippen LogP contribution in [-0.4, -0.2) is 17.6 Å². The molecule has 1 aromatic heterocycles. The Morgan fingerprint density at radius 2 is 2.00 bits per heavy atom. The first-order valence-electron chi connectivity index (χ1n) is 9.19. The Balaban J connectivity index is 1.46. The molecule has 4 nitrogen and oxygen atoms in total. The number of hydrogen-bond donors (Lipinski definition) is 1. The highest BCUT2D eigenvalue weighted by molar-refractivity contribution is 5.91. The molecule has 1 amide bonds. The van der Waals surface area contributed by atoms with Crippen molar-refractivity contribution in [1.82, 2.24) is 10.5 Å². The van der Waals surface area contributed by atoms with Crippen molar-refractivity contribution in [2.45, 2.75) is 50.4 Å². The summed E-state index contributed by atoms with van der Waals surface area (Å²) in [6.07, 6.45) is 7.79. The fourth-order valence-corrected chi connectivity index (χ4v) is 3.81. The van der Waals surface area contributed by atoms with Gasteiger partial charge in [0.2, 0.25) is 5.91 Å². The Bertz CT molecular complexity index is 761. The van der Waals surface area contributed by atoms with Crippen LogP contribution in [-0.2, 0) is 10.2 Å². The highest BCUT2D eigenvalue weighted by Crippen LogP contribution is 2.48. The molecule has 2 aromatic rings. The lowest BCUT2D eigenvalue weighted by atomic mass is 9.89. The van der Waals surface area contributed by atoms with E-state index in [1.165, 1.54) is 38.2 Å². The third-order valence-corrected chi connectivity index (χ3v) is 5.60. The molecule has 0 bridgehead atoms. The first kappa shape index (κ1) is 16.3. The van der Waals surface area contributed by atoms with Gasteiger partial charge < -0.3 is 9.84 Å². The second-order valence-corrected chi connectivity index (χ2v) is 7.35. The van der Waals surface area contributed by atoms with Gasteiger partial charge in [-0.1, -0.05) is 36.6 Å². The SMILES string of the molecule is O=C(NCC1CCCCC1)C1(c2cc(-c3ccccc3F)on2)CC1. The number of aromatic nitrogens is 1. The van der Waals surface area contributed by atoms with Crippen LogP contribution >= 0.6 is 0 Å². The van der Waals surface area contributed by atoms with Crippen molar-refractivity contribution in [3.63, 3.8) is 0 Å². The third-order valence-electron chi connectivity index (χ3n) is 5.60. The molecule has 0 saturated heterocycles. The minimum atomic E-state index is -0.582. The number of carbonyl (C=O) groups excluding carboxylic acids is 1. The summed E-state index contributed by atoms with van der Waals surface area (Å²) < 4.78 is 19.2. The minimum absolute atomic E-state index is 0.0338. The van der Waals surface area contributed by atoms with Gasteiger partial charge in [-0.2, -0.15) is 0 Å². The molecule has 0 radical (unpaired) electrons. The number of hydrogen-bond acceptors (Lipinski definition) is 3. The Morgan fingerprint density at radius 3 is 2.72 bits per heavy atom. The number of halogens is 1. The smallest absolute Gasteiger partial charge is 0.232 e. The molecule has 1 heterocycles. The standard InChI is InChI=1S/C20H23FN2O2/c21-16-9-5-4-8-15(16)17-12-18(23-25-17)20(10-11-20)19(24)22-13-14-6-2-1-3-7-14/h4-5,8-9,12,14H,1-3,6-7,10-11,13H2,(H,22,24). The first-order valence-corrected chi connectivity index (χ1v) is 9.19. The molecule has 2 fully saturated rings. The highest BCUT2D eigenvalue weighted by atomic mass is 19.1. The van der Waals surface area contributed by atoms with E-state index in [4.69, 9.17) is 4.52 Å². The molecule has 2 aliphatic rings. The van der Waals surface area contributed by atoms with Crippen LogP contribution in [0.5, 0.6) is 0 Å². The van der Waals surface area contributed by atoms with Gasteiger partial charge in [-0.25, -0.2) is 4.39 Å². The van der Waals surface area contributed by atoms with E-state index in [1.807, 2.05) is 0 Å². The molecule has 0 unspecified atom stereocenters. The van der Waals surface area contributed by atoms with E-state index in [9.17, 15) is 9.18 Å². The Hall–Kier alpha value is -2.17. The molecular formula is C20H23FN2O2. The maximum atomic E-state index is 13.9. The average Bonchev–Trinajstić information content (AvgIpc) is 3.31. The van der Waals surface area contributed by atoms with Gasteiger partial charge in [0.25, 0.3) is 0 Å². The van der Waals surface area contributed by atoms with Crippen LogP contribution in [0.3, 0.4) is 0 Å². The molecule has 0 aliphatic heterocycles. The summed E-state index contributed by atoms with van der Waals surface area (Å²) in [5.74, 6) is 0.655. The molecule has 1 N–H and O–H groups in total. The number of carbonyl (C=O) groups is 1. The van der Waals surface area contributed by atoms with Crippen molar-refractivity contribution in [3.8, 4) is 11.3 Å². The highest BCUT2D eigenvalue weighted by Gasteiger charge is 2.53. The molecule has 5 heteroatoms. The maximum absolute atomic E-state index is 13.9. The monoisotopic (exact) mass is 342 g/mol. The minimum Gasteiger partial charge on any atom is -0.356 e. The average molecular weight is 342 g/mol. The molecule has 4 rings (SSSR count). The van der Waals surface area contributed by atoms with Crippen LogP contribution in [0.1, 0.15) is 50.6 Å². The molecular weight excluding hydrogens is 319 g/mol. The first-order chi connectivity index (χ1) is 12.2. The zero-order chi connectivity index (χ0) is 17.3. The quantitative estimate of drug-likeness (QED) is 0.885. The van der Waals surface area contributed by atoms with Crippen LogP contribution in [0.25, 0.3) is 11.3 Å². The topological polar surface area (TPSA) is 55.1 Å². The van der Waals surface area contributed by atoms with E-state index in [0.717, 1.165) is 19.4 Å². The predicted molar refractivity (Wildman–Crippen MR) is 92.4 cm³/mol. The summed E-state index contributed by atoms with van der Waals surface area (Å²) in [6, 6.07) is 8.15. The molecule has 2 aliphatic carbocycles. The van der Waals surface area contributed by atoms with E-state index in [1.54, 1.807) is 24.3 Å². The van der Waals surface area contributed by atoms with Crippen LogP contribution in [0.2, 0.25) is 0 Å². The lowest BCUT2D eigenvalue weighted by Gasteiger charge is -2.23. The summed E-state index contributed by atoms with van der Waals surface area (Å²) in [5.41, 5.74) is 0.411. The van der Waals surface area contributed by atoms with E-state index < -0.39 is 5.41 Å². The normalized spacial score (nSPS) is 19.6. The van der Waals surface area contributed by atoms with Crippen LogP contribution in [0, 0.1) is 11.7 Å². The van der Waals surface area contributed by atoms with Gasteiger partial charge in [-0.05, 0) is 43.7 Å². The van der Waals surface area contributed by atoms with Gasteiger partial charge in [-0.3, -0.25) is 4.79 Å². The molecule has 2 saturated carbocycles. The van der Waals surface area contributed by atoms with Gasteiger partial charge in [0.05, 0.1) is 16.7 Å². The van der Waals surface area contributed by atoms with E-state index in [-0.39, 0.29) is 11.7 Å². The van der Waals surface area contributed by atoms with Gasteiger partial charge in [0.1, 0.15) is 5.82 Å². The van der Waals surface area contributed by atoms with Crippen molar-refractivity contribution in [3.05, 3.63) is 41.8 Å². The zero-order valence-corrected chi connectivity index (χ0v) is 14.3. The lowest BCUT2D eigenvalue weighted by Crippen LogP contribution is -2.38. The summed E-state index contributed by atoms with van der Waals surface area (Å²) in [5, 5.41) is 7.20. The van der Waals surface area contributed by atoms with Gasteiger partial charge >= 0.3 is 0 Å². The summed E-state index contributed by atoms with van der Waals surface area (Å²) >= 11 is 0. The second kappa shape index (κ2) is 6.62. The number of nitrogens with one attached hydrogen (secondary N) is 1. The Morgan fingerprint density at radius 1 is 1.24 bits per heavy atom. The zero-order valence-electron chi connectivity index (χ0n) is 14.3.